The monoisotopic (exact) mass is 228 g/mol. The SMILES string of the molecule is COc1ncc(Br)c(C2CC2)n1. The molecular weight excluding hydrogens is 220 g/mol. The molecule has 0 aliphatic heterocycles. The predicted octanol–water partition coefficient (Wildman–Crippen LogP) is 2.13. The zero-order chi connectivity index (χ0) is 8.55. The fraction of sp³-hybridized carbons (Fsp3) is 0.500. The van der Waals surface area contributed by atoms with Gasteiger partial charge >= 0.3 is 6.01 Å². The van der Waals surface area contributed by atoms with Gasteiger partial charge in [-0.15, -0.1) is 0 Å². The van der Waals surface area contributed by atoms with Gasteiger partial charge in [0.15, 0.2) is 0 Å². The van der Waals surface area contributed by atoms with E-state index in [9.17, 15) is 0 Å². The van der Waals surface area contributed by atoms with E-state index in [4.69, 9.17) is 4.74 Å². The molecule has 1 aliphatic carbocycles. The van der Waals surface area contributed by atoms with Gasteiger partial charge in [0.25, 0.3) is 0 Å². The lowest BCUT2D eigenvalue weighted by Gasteiger charge is -2.02. The predicted molar refractivity (Wildman–Crippen MR) is 48.3 cm³/mol. The highest BCUT2D eigenvalue weighted by Gasteiger charge is 2.27. The summed E-state index contributed by atoms with van der Waals surface area (Å²) in [4.78, 5) is 8.26. The van der Waals surface area contributed by atoms with Crippen molar-refractivity contribution in [3.8, 4) is 6.01 Å². The second-order valence-corrected chi connectivity index (χ2v) is 3.72. The lowest BCUT2D eigenvalue weighted by Crippen LogP contribution is -1.96. The van der Waals surface area contributed by atoms with Crippen LogP contribution in [0.25, 0.3) is 0 Å². The van der Waals surface area contributed by atoms with Crippen molar-refractivity contribution >= 4 is 15.9 Å². The number of ether oxygens (including phenoxy) is 1. The molecule has 1 saturated carbocycles. The Balaban J connectivity index is 2.36. The summed E-state index contributed by atoms with van der Waals surface area (Å²) in [6, 6.07) is 0.458. The molecule has 1 aliphatic rings. The average Bonchev–Trinajstić information content (AvgIpc) is 2.88. The molecule has 0 atom stereocenters. The normalized spacial score (nSPS) is 16.2. The Labute approximate surface area is 79.3 Å². The highest BCUT2D eigenvalue weighted by atomic mass is 79.9. The van der Waals surface area contributed by atoms with E-state index in [1.54, 1.807) is 13.3 Å². The minimum Gasteiger partial charge on any atom is -0.467 e. The van der Waals surface area contributed by atoms with E-state index in [0.29, 0.717) is 11.9 Å². The van der Waals surface area contributed by atoms with Crippen LogP contribution in [0, 0.1) is 0 Å². The molecule has 3 nitrogen and oxygen atoms in total. The van der Waals surface area contributed by atoms with Gasteiger partial charge in [-0.25, -0.2) is 4.98 Å². The summed E-state index contributed by atoms with van der Waals surface area (Å²) < 4.78 is 5.94. The number of methoxy groups -OCH3 is 1. The van der Waals surface area contributed by atoms with Gasteiger partial charge in [-0.1, -0.05) is 0 Å². The van der Waals surface area contributed by atoms with Crippen LogP contribution in [-0.2, 0) is 0 Å². The van der Waals surface area contributed by atoms with Gasteiger partial charge in [0.05, 0.1) is 17.3 Å². The van der Waals surface area contributed by atoms with Crippen LogP contribution in [0.15, 0.2) is 10.7 Å². The molecule has 0 N–H and O–H groups in total. The van der Waals surface area contributed by atoms with E-state index in [2.05, 4.69) is 25.9 Å². The molecule has 1 aromatic rings. The van der Waals surface area contributed by atoms with E-state index in [-0.39, 0.29) is 0 Å². The summed E-state index contributed by atoms with van der Waals surface area (Å²) in [7, 11) is 1.58. The second kappa shape index (κ2) is 3.01. The largest absolute Gasteiger partial charge is 0.467 e. The average molecular weight is 229 g/mol. The maximum atomic E-state index is 4.94. The molecule has 1 fully saturated rings. The number of rotatable bonds is 2. The van der Waals surface area contributed by atoms with Crippen molar-refractivity contribution in [3.05, 3.63) is 16.4 Å². The molecule has 64 valence electrons. The van der Waals surface area contributed by atoms with Gasteiger partial charge in [-0.3, -0.25) is 0 Å². The smallest absolute Gasteiger partial charge is 0.316 e. The van der Waals surface area contributed by atoms with Crippen molar-refractivity contribution in [1.29, 1.82) is 0 Å². The van der Waals surface area contributed by atoms with Gasteiger partial charge in [0, 0.05) is 12.1 Å². The first-order valence-electron chi connectivity index (χ1n) is 3.87. The maximum absolute atomic E-state index is 4.94. The van der Waals surface area contributed by atoms with E-state index < -0.39 is 0 Å². The molecule has 1 aromatic heterocycles. The first kappa shape index (κ1) is 7.98. The second-order valence-electron chi connectivity index (χ2n) is 2.86. The molecule has 0 amide bonds. The molecule has 12 heavy (non-hydrogen) atoms. The third-order valence-corrected chi connectivity index (χ3v) is 2.51. The lowest BCUT2D eigenvalue weighted by atomic mass is 10.3. The van der Waals surface area contributed by atoms with Crippen molar-refractivity contribution in [2.75, 3.05) is 7.11 Å². The van der Waals surface area contributed by atoms with Crippen LogP contribution in [0.1, 0.15) is 24.5 Å². The number of nitrogens with zero attached hydrogens (tertiary/aromatic N) is 2. The van der Waals surface area contributed by atoms with Gasteiger partial charge in [-0.05, 0) is 28.8 Å². The van der Waals surface area contributed by atoms with Crippen LogP contribution >= 0.6 is 15.9 Å². The van der Waals surface area contributed by atoms with Crippen molar-refractivity contribution < 1.29 is 4.74 Å². The molecule has 0 unspecified atom stereocenters. The van der Waals surface area contributed by atoms with Crippen LogP contribution in [0.3, 0.4) is 0 Å². The van der Waals surface area contributed by atoms with Crippen molar-refractivity contribution in [2.45, 2.75) is 18.8 Å². The highest BCUT2D eigenvalue weighted by Crippen LogP contribution is 2.42. The van der Waals surface area contributed by atoms with E-state index in [1.165, 1.54) is 12.8 Å². The first-order valence-corrected chi connectivity index (χ1v) is 4.67. The van der Waals surface area contributed by atoms with Crippen LogP contribution in [-0.4, -0.2) is 17.1 Å². The topological polar surface area (TPSA) is 35.0 Å². The molecule has 0 radical (unpaired) electrons. The van der Waals surface area contributed by atoms with Crippen molar-refractivity contribution in [3.63, 3.8) is 0 Å². The number of halogens is 1. The molecule has 0 saturated heterocycles. The Morgan fingerprint density at radius 1 is 1.58 bits per heavy atom. The Kier molecular flexibility index (Phi) is 2.00. The van der Waals surface area contributed by atoms with Gasteiger partial charge in [0.2, 0.25) is 0 Å². The van der Waals surface area contributed by atoms with E-state index >= 15 is 0 Å². The van der Waals surface area contributed by atoms with Crippen molar-refractivity contribution in [1.82, 2.24) is 9.97 Å². The fourth-order valence-corrected chi connectivity index (χ4v) is 1.62. The summed E-state index contributed by atoms with van der Waals surface area (Å²) in [6.45, 7) is 0. The first-order chi connectivity index (χ1) is 5.81. The Bertz CT molecular complexity index is 299. The summed E-state index contributed by atoms with van der Waals surface area (Å²) in [5.74, 6) is 0.622. The zero-order valence-electron chi connectivity index (χ0n) is 6.75. The Hall–Kier alpha value is -0.640. The minimum atomic E-state index is 0.458. The summed E-state index contributed by atoms with van der Waals surface area (Å²) in [5.41, 5.74) is 1.09. The van der Waals surface area contributed by atoms with Gasteiger partial charge in [0.1, 0.15) is 0 Å². The van der Waals surface area contributed by atoms with E-state index in [1.807, 2.05) is 0 Å². The maximum Gasteiger partial charge on any atom is 0.316 e. The van der Waals surface area contributed by atoms with Crippen LogP contribution in [0.5, 0.6) is 6.01 Å². The van der Waals surface area contributed by atoms with Crippen molar-refractivity contribution in [2.24, 2.45) is 0 Å². The summed E-state index contributed by atoms with van der Waals surface area (Å²) in [6.07, 6.45) is 4.22. The number of hydrogen-bond donors (Lipinski definition) is 0. The molecule has 0 aromatic carbocycles. The zero-order valence-corrected chi connectivity index (χ0v) is 8.34. The van der Waals surface area contributed by atoms with Gasteiger partial charge in [-0.2, -0.15) is 4.98 Å². The molecular formula is C8H9BrN2O. The van der Waals surface area contributed by atoms with Crippen LogP contribution in [0.4, 0.5) is 0 Å². The molecule has 0 bridgehead atoms. The highest BCUT2D eigenvalue weighted by molar-refractivity contribution is 9.10. The van der Waals surface area contributed by atoms with Crippen LogP contribution in [0.2, 0.25) is 0 Å². The van der Waals surface area contributed by atoms with Crippen LogP contribution < -0.4 is 4.74 Å². The summed E-state index contributed by atoms with van der Waals surface area (Å²) >= 11 is 3.42. The van der Waals surface area contributed by atoms with Gasteiger partial charge < -0.3 is 4.74 Å². The third-order valence-electron chi connectivity index (χ3n) is 1.90. The third kappa shape index (κ3) is 1.43. The lowest BCUT2D eigenvalue weighted by molar-refractivity contribution is 0.377. The Morgan fingerprint density at radius 3 is 2.92 bits per heavy atom. The summed E-state index contributed by atoms with van der Waals surface area (Å²) in [5, 5.41) is 0. The number of aromatic nitrogens is 2. The van der Waals surface area contributed by atoms with E-state index in [0.717, 1.165) is 10.2 Å². The standard InChI is InChI=1S/C8H9BrN2O/c1-12-8-10-4-6(9)7(11-8)5-2-3-5/h4-5H,2-3H2,1H3. The molecule has 0 spiro atoms. The fourth-order valence-electron chi connectivity index (χ4n) is 1.10. The number of hydrogen-bond acceptors (Lipinski definition) is 3. The molecule has 4 heteroatoms. The quantitative estimate of drug-likeness (QED) is 0.779. The minimum absolute atomic E-state index is 0.458. The molecule has 2 rings (SSSR count). The molecule has 1 heterocycles. The Morgan fingerprint density at radius 2 is 2.33 bits per heavy atom.